The molecule has 0 aliphatic carbocycles. The van der Waals surface area contributed by atoms with Gasteiger partial charge in [0.15, 0.2) is 0 Å². The van der Waals surface area contributed by atoms with Gasteiger partial charge in [0.2, 0.25) is 0 Å². The molecule has 0 fully saturated rings. The molecule has 0 saturated carbocycles. The summed E-state index contributed by atoms with van der Waals surface area (Å²) in [6.45, 7) is 0. The molecule has 0 aliphatic rings. The number of aliphatic hydroxyl groups excluding tert-OH is 2. The number of rotatable bonds is 8. The average molecular weight is 475 g/mol. The van der Waals surface area contributed by atoms with Gasteiger partial charge in [0.05, 0.1) is 18.6 Å². The van der Waals surface area contributed by atoms with E-state index in [1.54, 1.807) is 36.4 Å². The van der Waals surface area contributed by atoms with E-state index in [1.807, 2.05) is 18.2 Å². The number of benzene rings is 3. The van der Waals surface area contributed by atoms with Gasteiger partial charge in [0.25, 0.3) is 0 Å². The third-order valence-electron chi connectivity index (χ3n) is 4.89. The van der Waals surface area contributed by atoms with E-state index < -0.39 is 24.6 Å². The molecule has 4 nitrogen and oxygen atoms in total. The summed E-state index contributed by atoms with van der Waals surface area (Å²) in [5.74, 6) is -1.50. The lowest BCUT2D eigenvalue weighted by atomic mass is 9.91. The lowest BCUT2D eigenvalue weighted by Crippen LogP contribution is -2.19. The SMILES string of the molecule is O=C(O)CC(O)CC(O)/C=C/c1c(-c2ccc(F)cc2)cccc1-c1ccc(Cl)cc1Cl. The summed E-state index contributed by atoms with van der Waals surface area (Å²) >= 11 is 12.5. The van der Waals surface area contributed by atoms with E-state index in [-0.39, 0.29) is 12.2 Å². The van der Waals surface area contributed by atoms with Crippen molar-refractivity contribution in [2.45, 2.75) is 25.0 Å². The Bertz CT molecular complexity index is 1130. The highest BCUT2D eigenvalue weighted by Crippen LogP contribution is 2.37. The van der Waals surface area contributed by atoms with Crippen LogP contribution in [0, 0.1) is 5.82 Å². The van der Waals surface area contributed by atoms with Crippen LogP contribution < -0.4 is 0 Å². The Labute approximate surface area is 195 Å². The normalized spacial score (nSPS) is 13.3. The first-order valence-electron chi connectivity index (χ1n) is 9.85. The van der Waals surface area contributed by atoms with Crippen molar-refractivity contribution in [1.29, 1.82) is 0 Å². The molecule has 2 atom stereocenters. The largest absolute Gasteiger partial charge is 0.481 e. The molecule has 0 heterocycles. The first-order valence-corrected chi connectivity index (χ1v) is 10.6. The second-order valence-electron chi connectivity index (χ2n) is 7.31. The van der Waals surface area contributed by atoms with Crippen LogP contribution in [0.15, 0.2) is 66.7 Å². The van der Waals surface area contributed by atoms with Crippen molar-refractivity contribution < 1.29 is 24.5 Å². The van der Waals surface area contributed by atoms with Gasteiger partial charge in [0.1, 0.15) is 5.82 Å². The number of aliphatic carboxylic acids is 1. The maximum Gasteiger partial charge on any atom is 0.305 e. The van der Waals surface area contributed by atoms with E-state index in [2.05, 4.69) is 0 Å². The maximum absolute atomic E-state index is 13.5. The Morgan fingerprint density at radius 3 is 2.31 bits per heavy atom. The van der Waals surface area contributed by atoms with Gasteiger partial charge in [-0.2, -0.15) is 0 Å². The van der Waals surface area contributed by atoms with Gasteiger partial charge >= 0.3 is 5.97 Å². The molecular weight excluding hydrogens is 454 g/mol. The number of hydrogen-bond acceptors (Lipinski definition) is 3. The quantitative estimate of drug-likeness (QED) is 0.370. The minimum atomic E-state index is -1.18. The Balaban J connectivity index is 2.06. The molecule has 3 aromatic rings. The number of carboxylic acid groups (broad SMARTS) is 1. The van der Waals surface area contributed by atoms with Crippen molar-refractivity contribution in [1.82, 2.24) is 0 Å². The van der Waals surface area contributed by atoms with Crippen LogP contribution in [0.4, 0.5) is 4.39 Å². The predicted octanol–water partition coefficient (Wildman–Crippen LogP) is 6.07. The lowest BCUT2D eigenvalue weighted by Gasteiger charge is -2.15. The molecule has 0 radical (unpaired) electrons. The summed E-state index contributed by atoms with van der Waals surface area (Å²) in [4.78, 5) is 10.7. The molecule has 3 aromatic carbocycles. The van der Waals surface area contributed by atoms with Gasteiger partial charge in [-0.1, -0.05) is 71.8 Å². The first kappa shape index (κ1) is 24.0. The molecule has 3 rings (SSSR count). The standard InChI is InChI=1S/C25H21Cl2FO4/c26-16-6-10-23(24(27)12-16)21-3-1-2-20(15-4-7-17(28)8-5-15)22(21)11-9-18(29)13-19(30)14-25(31)32/h1-12,18-19,29-30H,13-14H2,(H,31,32)/b11-9+. The number of halogens is 3. The average Bonchev–Trinajstić information content (AvgIpc) is 2.72. The van der Waals surface area contributed by atoms with Gasteiger partial charge in [0, 0.05) is 22.0 Å². The van der Waals surface area contributed by atoms with Crippen LogP contribution in [0.5, 0.6) is 0 Å². The van der Waals surface area contributed by atoms with Crippen LogP contribution in [-0.2, 0) is 4.79 Å². The van der Waals surface area contributed by atoms with Crippen molar-refractivity contribution in [3.05, 3.63) is 88.2 Å². The van der Waals surface area contributed by atoms with Crippen LogP contribution in [-0.4, -0.2) is 33.5 Å². The second-order valence-corrected chi connectivity index (χ2v) is 8.16. The topological polar surface area (TPSA) is 77.8 Å². The van der Waals surface area contributed by atoms with Crippen molar-refractivity contribution in [3.8, 4) is 22.3 Å². The van der Waals surface area contributed by atoms with E-state index >= 15 is 0 Å². The van der Waals surface area contributed by atoms with E-state index in [0.29, 0.717) is 10.0 Å². The Hall–Kier alpha value is -2.70. The second kappa shape index (κ2) is 10.7. The smallest absolute Gasteiger partial charge is 0.305 e. The Morgan fingerprint density at radius 1 is 0.969 bits per heavy atom. The van der Waals surface area contributed by atoms with Crippen LogP contribution in [0.3, 0.4) is 0 Å². The zero-order chi connectivity index (χ0) is 23.3. The van der Waals surface area contributed by atoms with Crippen LogP contribution >= 0.6 is 23.2 Å². The highest BCUT2D eigenvalue weighted by atomic mass is 35.5. The van der Waals surface area contributed by atoms with E-state index in [9.17, 15) is 19.4 Å². The number of aliphatic hydroxyl groups is 2. The highest BCUT2D eigenvalue weighted by molar-refractivity contribution is 6.36. The maximum atomic E-state index is 13.5. The summed E-state index contributed by atoms with van der Waals surface area (Å²) in [6.07, 6.45) is 0.350. The first-order chi connectivity index (χ1) is 15.2. The van der Waals surface area contributed by atoms with Gasteiger partial charge in [-0.3, -0.25) is 4.79 Å². The summed E-state index contributed by atoms with van der Waals surface area (Å²) in [5.41, 5.74) is 3.75. The molecule has 166 valence electrons. The van der Waals surface area contributed by atoms with E-state index in [1.165, 1.54) is 18.2 Å². The van der Waals surface area contributed by atoms with Crippen LogP contribution in [0.1, 0.15) is 18.4 Å². The van der Waals surface area contributed by atoms with Crippen molar-refractivity contribution in [2.24, 2.45) is 0 Å². The molecule has 0 aromatic heterocycles. The van der Waals surface area contributed by atoms with Gasteiger partial charge < -0.3 is 15.3 Å². The molecule has 0 aliphatic heterocycles. The fraction of sp³-hybridized carbons (Fsp3) is 0.160. The minimum Gasteiger partial charge on any atom is -0.481 e. The molecule has 0 spiro atoms. The Kier molecular flexibility index (Phi) is 8.04. The van der Waals surface area contributed by atoms with Gasteiger partial charge in [-0.25, -0.2) is 4.39 Å². The molecule has 2 unspecified atom stereocenters. The predicted molar refractivity (Wildman–Crippen MR) is 125 cm³/mol. The highest BCUT2D eigenvalue weighted by Gasteiger charge is 2.16. The summed E-state index contributed by atoms with van der Waals surface area (Å²) in [7, 11) is 0. The van der Waals surface area contributed by atoms with E-state index in [0.717, 1.165) is 27.8 Å². The lowest BCUT2D eigenvalue weighted by molar-refractivity contribution is -0.139. The minimum absolute atomic E-state index is 0.126. The fourth-order valence-corrected chi connectivity index (χ4v) is 3.93. The molecule has 0 amide bonds. The molecule has 3 N–H and O–H groups in total. The third kappa shape index (κ3) is 6.17. The van der Waals surface area contributed by atoms with Crippen molar-refractivity contribution in [3.63, 3.8) is 0 Å². The third-order valence-corrected chi connectivity index (χ3v) is 5.44. The van der Waals surface area contributed by atoms with E-state index in [4.69, 9.17) is 28.3 Å². The summed E-state index contributed by atoms with van der Waals surface area (Å²) < 4.78 is 13.5. The monoisotopic (exact) mass is 474 g/mol. The van der Waals surface area contributed by atoms with Gasteiger partial charge in [-0.05, 0) is 46.5 Å². The van der Waals surface area contributed by atoms with Crippen molar-refractivity contribution >= 4 is 35.2 Å². The fourth-order valence-electron chi connectivity index (χ4n) is 3.42. The zero-order valence-electron chi connectivity index (χ0n) is 16.9. The summed E-state index contributed by atoms with van der Waals surface area (Å²) in [5, 5.41) is 29.8. The summed E-state index contributed by atoms with van der Waals surface area (Å²) in [6, 6.07) is 16.8. The molecule has 0 saturated heterocycles. The molecule has 32 heavy (non-hydrogen) atoms. The molecular formula is C25H21Cl2FO4. The van der Waals surface area contributed by atoms with Crippen molar-refractivity contribution in [2.75, 3.05) is 0 Å². The number of hydrogen-bond donors (Lipinski definition) is 3. The molecule has 0 bridgehead atoms. The van der Waals surface area contributed by atoms with Crippen LogP contribution in [0.25, 0.3) is 28.3 Å². The number of carboxylic acids is 1. The van der Waals surface area contributed by atoms with Crippen LogP contribution in [0.2, 0.25) is 10.0 Å². The number of carbonyl (C=O) groups is 1. The molecule has 7 heteroatoms. The van der Waals surface area contributed by atoms with Gasteiger partial charge in [-0.15, -0.1) is 0 Å². The zero-order valence-corrected chi connectivity index (χ0v) is 18.4. The Morgan fingerprint density at radius 2 is 1.66 bits per heavy atom.